The molecule has 0 radical (unpaired) electrons. The third kappa shape index (κ3) is 4.48. The molecule has 138 valence electrons. The predicted octanol–water partition coefficient (Wildman–Crippen LogP) is 4.03. The first kappa shape index (κ1) is 19.6. The molecule has 1 heterocycles. The summed E-state index contributed by atoms with van der Waals surface area (Å²) in [6.07, 6.45) is -0.551. The molecule has 1 saturated heterocycles. The monoisotopic (exact) mass is 416 g/mol. The van der Waals surface area contributed by atoms with E-state index in [4.69, 9.17) is 4.74 Å². The van der Waals surface area contributed by atoms with Gasteiger partial charge in [0, 0.05) is 23.8 Å². The molecule has 1 aromatic carbocycles. The molecule has 0 N–H and O–H groups in total. The number of hydrogen-bond donors (Lipinski definition) is 0. The summed E-state index contributed by atoms with van der Waals surface area (Å²) in [6, 6.07) is 3.08. The van der Waals surface area contributed by atoms with Crippen molar-refractivity contribution in [1.29, 1.82) is 0 Å². The zero-order valence-corrected chi connectivity index (χ0v) is 16.2. The zero-order chi connectivity index (χ0) is 18.9. The van der Waals surface area contributed by atoms with Crippen LogP contribution in [0.15, 0.2) is 22.7 Å². The minimum Gasteiger partial charge on any atom is -0.444 e. The number of carbonyl (C=O) groups is 1. The van der Waals surface area contributed by atoms with Crippen molar-refractivity contribution >= 4 is 22.0 Å². The molecular weight excluding hydrogens is 395 g/mol. The molecular formula is C17H22BrFN2O4. The van der Waals surface area contributed by atoms with Crippen LogP contribution >= 0.6 is 15.9 Å². The summed E-state index contributed by atoms with van der Waals surface area (Å²) in [7, 11) is 0. The quantitative estimate of drug-likeness (QED) is 0.550. The maximum absolute atomic E-state index is 14.3. The third-order valence-electron chi connectivity index (χ3n) is 4.19. The zero-order valence-electron chi connectivity index (χ0n) is 14.7. The van der Waals surface area contributed by atoms with E-state index < -0.39 is 29.6 Å². The van der Waals surface area contributed by atoms with Crippen molar-refractivity contribution in [3.63, 3.8) is 0 Å². The second kappa shape index (κ2) is 7.27. The van der Waals surface area contributed by atoms with Crippen molar-refractivity contribution in [1.82, 2.24) is 4.90 Å². The van der Waals surface area contributed by atoms with Crippen LogP contribution in [-0.2, 0) is 11.2 Å². The molecule has 8 heteroatoms. The molecule has 3 atom stereocenters. The molecule has 1 aromatic rings. The van der Waals surface area contributed by atoms with Gasteiger partial charge in [0.05, 0.1) is 4.47 Å². The van der Waals surface area contributed by atoms with Crippen LogP contribution in [-0.4, -0.2) is 40.1 Å². The number of rotatable bonds is 3. The van der Waals surface area contributed by atoms with Gasteiger partial charge in [-0.2, -0.15) is 0 Å². The van der Waals surface area contributed by atoms with E-state index in [1.54, 1.807) is 45.9 Å². The van der Waals surface area contributed by atoms with E-state index in [0.717, 1.165) is 0 Å². The highest BCUT2D eigenvalue weighted by Gasteiger charge is 2.50. The second-order valence-electron chi connectivity index (χ2n) is 7.37. The van der Waals surface area contributed by atoms with Gasteiger partial charge in [-0.1, -0.05) is 19.1 Å². The molecule has 0 bridgehead atoms. The average molecular weight is 417 g/mol. The van der Waals surface area contributed by atoms with Crippen LogP contribution in [0.3, 0.4) is 0 Å². The van der Waals surface area contributed by atoms with E-state index >= 15 is 0 Å². The number of ether oxygens (including phenoxy) is 1. The lowest BCUT2D eigenvalue weighted by molar-refractivity contribution is -0.531. The topological polar surface area (TPSA) is 72.7 Å². The largest absolute Gasteiger partial charge is 0.444 e. The molecule has 0 saturated carbocycles. The van der Waals surface area contributed by atoms with Gasteiger partial charge in [0.2, 0.25) is 6.04 Å². The lowest BCUT2D eigenvalue weighted by Crippen LogP contribution is -2.46. The normalized spacial score (nSPS) is 23.6. The minimum atomic E-state index is -0.967. The number of carbonyl (C=O) groups excluding carboxylic acids is 1. The van der Waals surface area contributed by atoms with E-state index in [1.165, 1.54) is 4.90 Å². The summed E-state index contributed by atoms with van der Waals surface area (Å²) < 4.78 is 20.0. The summed E-state index contributed by atoms with van der Waals surface area (Å²) in [5.41, 5.74) is -0.382. The molecule has 1 fully saturated rings. The maximum Gasteiger partial charge on any atom is 0.410 e. The molecule has 1 amide bonds. The van der Waals surface area contributed by atoms with Crippen molar-refractivity contribution < 1.29 is 18.8 Å². The lowest BCUT2D eigenvalue weighted by Gasteiger charge is -2.28. The van der Waals surface area contributed by atoms with Gasteiger partial charge < -0.3 is 4.74 Å². The molecule has 3 unspecified atom stereocenters. The first-order valence-electron chi connectivity index (χ1n) is 8.07. The Labute approximate surface area is 154 Å². The smallest absolute Gasteiger partial charge is 0.410 e. The highest BCUT2D eigenvalue weighted by atomic mass is 79.9. The lowest BCUT2D eigenvalue weighted by atomic mass is 9.95. The predicted molar refractivity (Wildman–Crippen MR) is 94.5 cm³/mol. The summed E-state index contributed by atoms with van der Waals surface area (Å²) in [5.74, 6) is -0.809. The highest BCUT2D eigenvalue weighted by Crippen LogP contribution is 2.31. The fourth-order valence-corrected chi connectivity index (χ4v) is 3.57. The Morgan fingerprint density at radius 2 is 2.12 bits per heavy atom. The first-order valence-corrected chi connectivity index (χ1v) is 8.86. The first-order chi connectivity index (χ1) is 11.5. The Morgan fingerprint density at radius 1 is 1.48 bits per heavy atom. The molecule has 0 aliphatic carbocycles. The molecule has 2 rings (SSSR count). The number of benzene rings is 1. The number of nitro groups is 1. The van der Waals surface area contributed by atoms with Crippen molar-refractivity contribution in [3.05, 3.63) is 44.2 Å². The molecule has 25 heavy (non-hydrogen) atoms. The summed E-state index contributed by atoms with van der Waals surface area (Å²) in [6.45, 7) is 7.14. The number of halogens is 2. The van der Waals surface area contributed by atoms with Crippen molar-refractivity contribution in [2.24, 2.45) is 5.92 Å². The molecule has 6 nitrogen and oxygen atoms in total. The molecule has 1 aliphatic heterocycles. The fourth-order valence-electron chi connectivity index (χ4n) is 3.16. The SMILES string of the molecule is CC1CN(C(=O)OC(C)(C)C)C(Cc2cccc(Br)c2F)C1[N+](=O)[O-]. The maximum atomic E-state index is 14.3. The Morgan fingerprint density at radius 3 is 2.68 bits per heavy atom. The van der Waals surface area contributed by atoms with E-state index in [1.807, 2.05) is 0 Å². The van der Waals surface area contributed by atoms with Gasteiger partial charge in [-0.15, -0.1) is 0 Å². The van der Waals surface area contributed by atoms with E-state index in [0.29, 0.717) is 5.56 Å². The summed E-state index contributed by atoms with van der Waals surface area (Å²) in [5, 5.41) is 11.5. The van der Waals surface area contributed by atoms with Gasteiger partial charge in [-0.05, 0) is 48.3 Å². The molecule has 0 aromatic heterocycles. The summed E-state index contributed by atoms with van der Waals surface area (Å²) in [4.78, 5) is 25.0. The van der Waals surface area contributed by atoms with Crippen LogP contribution < -0.4 is 0 Å². The Kier molecular flexibility index (Phi) is 5.71. The van der Waals surface area contributed by atoms with Gasteiger partial charge >= 0.3 is 6.09 Å². The van der Waals surface area contributed by atoms with Crippen molar-refractivity contribution in [3.8, 4) is 0 Å². The standard InChI is InChI=1S/C17H22BrFN2O4/c1-10-9-20(16(22)25-17(2,3)4)13(15(10)21(23)24)8-11-6-5-7-12(18)14(11)19/h5-7,10,13,15H,8-9H2,1-4H3. The van der Waals surface area contributed by atoms with E-state index in [2.05, 4.69) is 15.9 Å². The number of amides is 1. The van der Waals surface area contributed by atoms with Crippen LogP contribution in [0.5, 0.6) is 0 Å². The van der Waals surface area contributed by atoms with Crippen LogP contribution in [0.1, 0.15) is 33.3 Å². The summed E-state index contributed by atoms with van der Waals surface area (Å²) >= 11 is 3.12. The van der Waals surface area contributed by atoms with Gasteiger partial charge in [-0.3, -0.25) is 15.0 Å². The average Bonchev–Trinajstić information content (AvgIpc) is 2.79. The second-order valence-corrected chi connectivity index (χ2v) is 8.22. The Hall–Kier alpha value is -1.70. The minimum absolute atomic E-state index is 0.0561. The van der Waals surface area contributed by atoms with Crippen molar-refractivity contribution in [2.75, 3.05) is 6.54 Å². The number of nitrogens with zero attached hydrogens (tertiary/aromatic N) is 2. The van der Waals surface area contributed by atoms with Gasteiger partial charge in [0.25, 0.3) is 0 Å². The van der Waals surface area contributed by atoms with Crippen LogP contribution in [0, 0.1) is 21.8 Å². The van der Waals surface area contributed by atoms with Gasteiger partial charge in [-0.25, -0.2) is 9.18 Å². The molecule has 1 aliphatic rings. The molecule has 0 spiro atoms. The van der Waals surface area contributed by atoms with Crippen molar-refractivity contribution in [2.45, 2.75) is 51.8 Å². The fraction of sp³-hybridized carbons (Fsp3) is 0.588. The highest BCUT2D eigenvalue weighted by molar-refractivity contribution is 9.10. The Balaban J connectivity index is 2.34. The number of hydrogen-bond acceptors (Lipinski definition) is 4. The van der Waals surface area contributed by atoms with E-state index in [9.17, 15) is 19.3 Å². The van der Waals surface area contributed by atoms with Gasteiger partial charge in [0.1, 0.15) is 17.5 Å². The Bertz CT molecular complexity index is 677. The number of likely N-dealkylation sites (tertiary alicyclic amines) is 1. The van der Waals surface area contributed by atoms with E-state index in [-0.39, 0.29) is 28.3 Å². The third-order valence-corrected chi connectivity index (χ3v) is 4.81. The van der Waals surface area contributed by atoms with Crippen LogP contribution in [0.4, 0.5) is 9.18 Å². The van der Waals surface area contributed by atoms with Crippen LogP contribution in [0.25, 0.3) is 0 Å². The van der Waals surface area contributed by atoms with Crippen LogP contribution in [0.2, 0.25) is 0 Å². The van der Waals surface area contributed by atoms with Gasteiger partial charge in [0.15, 0.2) is 0 Å².